The van der Waals surface area contributed by atoms with Gasteiger partial charge in [-0.25, -0.2) is 0 Å². The van der Waals surface area contributed by atoms with Crippen LogP contribution in [0.2, 0.25) is 0 Å². The van der Waals surface area contributed by atoms with Crippen LogP contribution in [0.3, 0.4) is 0 Å². The molecule has 1 aliphatic rings. The van der Waals surface area contributed by atoms with E-state index in [2.05, 4.69) is 16.0 Å². The predicted molar refractivity (Wildman–Crippen MR) is 80.0 cm³/mol. The van der Waals surface area contributed by atoms with Crippen molar-refractivity contribution < 1.29 is 14.3 Å². The summed E-state index contributed by atoms with van der Waals surface area (Å²) < 4.78 is 5.41. The summed E-state index contributed by atoms with van der Waals surface area (Å²) in [6, 6.07) is -0.827. The third kappa shape index (κ3) is 5.64. The molecule has 1 saturated heterocycles. The number of halogens is 1. The molecule has 2 unspecified atom stereocenters. The lowest BCUT2D eigenvalue weighted by atomic mass is 10.1. The van der Waals surface area contributed by atoms with E-state index in [1.54, 1.807) is 6.92 Å². The van der Waals surface area contributed by atoms with Crippen molar-refractivity contribution in [3.63, 3.8) is 0 Å². The minimum atomic E-state index is -0.544. The molecule has 1 fully saturated rings. The number of ether oxygens (including phenoxy) is 1. The van der Waals surface area contributed by atoms with Crippen molar-refractivity contribution >= 4 is 24.2 Å². The van der Waals surface area contributed by atoms with Crippen molar-refractivity contribution in [2.45, 2.75) is 58.3 Å². The van der Waals surface area contributed by atoms with E-state index in [1.807, 2.05) is 20.8 Å². The Hall–Kier alpha value is -0.850. The highest BCUT2D eigenvalue weighted by Gasteiger charge is 2.30. The van der Waals surface area contributed by atoms with Gasteiger partial charge in [0.1, 0.15) is 12.1 Å². The fourth-order valence-corrected chi connectivity index (χ4v) is 1.87. The molecule has 7 heteroatoms. The van der Waals surface area contributed by atoms with Gasteiger partial charge < -0.3 is 20.7 Å². The maximum atomic E-state index is 12.0. The lowest BCUT2D eigenvalue weighted by molar-refractivity contribution is -0.133. The summed E-state index contributed by atoms with van der Waals surface area (Å²) in [6.45, 7) is 8.72. The first-order valence-electron chi connectivity index (χ1n) is 6.91. The minimum Gasteiger partial charge on any atom is -0.375 e. The molecule has 0 aromatic carbocycles. The molecule has 118 valence electrons. The first-order valence-corrected chi connectivity index (χ1v) is 6.91. The third-order valence-corrected chi connectivity index (χ3v) is 3.35. The van der Waals surface area contributed by atoms with Gasteiger partial charge in [-0.15, -0.1) is 12.4 Å². The standard InChI is InChI=1S/C13H25N3O3.ClH/c1-5-8(2)15-12(17)9(3)16-13(18)11-10(4)19-7-6-14-11;/h8-11,14H,5-7H2,1-4H3,(H,15,17)(H,16,18);1H/t8?,9?,10-,11+;/m1./s1. The summed E-state index contributed by atoms with van der Waals surface area (Å²) in [5.74, 6) is -0.355. The van der Waals surface area contributed by atoms with Crippen molar-refractivity contribution in [2.24, 2.45) is 0 Å². The summed E-state index contributed by atoms with van der Waals surface area (Å²) in [7, 11) is 0. The number of hydrogen-bond acceptors (Lipinski definition) is 4. The van der Waals surface area contributed by atoms with Gasteiger partial charge in [-0.2, -0.15) is 0 Å². The molecular formula is C13H26ClN3O3. The van der Waals surface area contributed by atoms with Crippen molar-refractivity contribution in [3.05, 3.63) is 0 Å². The SMILES string of the molecule is CCC(C)NC(=O)C(C)NC(=O)[C@H]1NCCO[C@@H]1C.Cl. The first kappa shape index (κ1) is 19.1. The second kappa shape index (κ2) is 9.15. The Bertz CT molecular complexity index is 328. The summed E-state index contributed by atoms with van der Waals surface area (Å²) in [6.07, 6.45) is 0.681. The quantitative estimate of drug-likeness (QED) is 0.678. The number of amides is 2. The monoisotopic (exact) mass is 307 g/mol. The van der Waals surface area contributed by atoms with Crippen LogP contribution in [0.5, 0.6) is 0 Å². The third-order valence-electron chi connectivity index (χ3n) is 3.35. The highest BCUT2D eigenvalue weighted by molar-refractivity contribution is 5.89. The van der Waals surface area contributed by atoms with Crippen LogP contribution in [0.15, 0.2) is 0 Å². The minimum absolute atomic E-state index is 0. The van der Waals surface area contributed by atoms with Crippen LogP contribution in [0.25, 0.3) is 0 Å². The van der Waals surface area contributed by atoms with Crippen LogP contribution in [0, 0.1) is 0 Å². The molecule has 0 saturated carbocycles. The van der Waals surface area contributed by atoms with E-state index in [1.165, 1.54) is 0 Å². The molecule has 0 spiro atoms. The van der Waals surface area contributed by atoms with Crippen molar-refractivity contribution in [3.8, 4) is 0 Å². The topological polar surface area (TPSA) is 79.5 Å². The number of rotatable bonds is 5. The van der Waals surface area contributed by atoms with Gasteiger partial charge in [0.2, 0.25) is 11.8 Å². The Labute approximate surface area is 126 Å². The predicted octanol–water partition coefficient (Wildman–Crippen LogP) is 0.205. The van der Waals surface area contributed by atoms with Crippen LogP contribution >= 0.6 is 12.4 Å². The lowest BCUT2D eigenvalue weighted by Crippen LogP contribution is -2.58. The molecule has 1 aliphatic heterocycles. The zero-order chi connectivity index (χ0) is 14.4. The van der Waals surface area contributed by atoms with Gasteiger partial charge >= 0.3 is 0 Å². The molecule has 3 N–H and O–H groups in total. The average molecular weight is 308 g/mol. The number of nitrogens with one attached hydrogen (secondary N) is 3. The molecule has 6 nitrogen and oxygen atoms in total. The Morgan fingerprint density at radius 2 is 2.00 bits per heavy atom. The summed E-state index contributed by atoms with van der Waals surface area (Å²) in [5, 5.41) is 8.66. The number of carbonyl (C=O) groups is 2. The van der Waals surface area contributed by atoms with Crippen LogP contribution in [-0.4, -0.2) is 49.2 Å². The van der Waals surface area contributed by atoms with Gasteiger partial charge in [0.15, 0.2) is 0 Å². The van der Waals surface area contributed by atoms with E-state index in [-0.39, 0.29) is 36.4 Å². The Morgan fingerprint density at radius 1 is 1.35 bits per heavy atom. The highest BCUT2D eigenvalue weighted by Crippen LogP contribution is 2.04. The highest BCUT2D eigenvalue weighted by atomic mass is 35.5. The Morgan fingerprint density at radius 3 is 2.55 bits per heavy atom. The van der Waals surface area contributed by atoms with Crippen LogP contribution in [-0.2, 0) is 14.3 Å². The van der Waals surface area contributed by atoms with Gasteiger partial charge in [0.25, 0.3) is 0 Å². The van der Waals surface area contributed by atoms with Crippen LogP contribution < -0.4 is 16.0 Å². The number of hydrogen-bond donors (Lipinski definition) is 3. The van der Waals surface area contributed by atoms with E-state index in [0.29, 0.717) is 13.2 Å². The zero-order valence-electron chi connectivity index (χ0n) is 12.6. The Kier molecular flexibility index (Phi) is 8.76. The lowest BCUT2D eigenvalue weighted by Gasteiger charge is -2.30. The molecule has 0 bridgehead atoms. The van der Waals surface area contributed by atoms with Gasteiger partial charge in [-0.05, 0) is 27.2 Å². The summed E-state index contributed by atoms with van der Waals surface area (Å²) in [5.41, 5.74) is 0. The van der Waals surface area contributed by atoms with E-state index >= 15 is 0 Å². The molecule has 4 atom stereocenters. The second-order valence-corrected chi connectivity index (χ2v) is 5.06. The molecule has 1 rings (SSSR count). The van der Waals surface area contributed by atoms with Crippen molar-refractivity contribution in [2.75, 3.05) is 13.2 Å². The van der Waals surface area contributed by atoms with Gasteiger partial charge in [-0.1, -0.05) is 6.92 Å². The molecule has 1 heterocycles. The van der Waals surface area contributed by atoms with Crippen LogP contribution in [0.4, 0.5) is 0 Å². The molecule has 20 heavy (non-hydrogen) atoms. The van der Waals surface area contributed by atoms with Crippen molar-refractivity contribution in [1.82, 2.24) is 16.0 Å². The van der Waals surface area contributed by atoms with E-state index in [4.69, 9.17) is 4.74 Å². The van der Waals surface area contributed by atoms with E-state index < -0.39 is 12.1 Å². The fourth-order valence-electron chi connectivity index (χ4n) is 1.87. The van der Waals surface area contributed by atoms with Crippen LogP contribution in [0.1, 0.15) is 34.1 Å². The maximum Gasteiger partial charge on any atom is 0.242 e. The normalized spacial score (nSPS) is 25.0. The van der Waals surface area contributed by atoms with Gasteiger partial charge in [-0.3, -0.25) is 9.59 Å². The molecule has 0 aliphatic carbocycles. The molecular weight excluding hydrogens is 282 g/mol. The molecule has 0 aromatic heterocycles. The summed E-state index contributed by atoms with van der Waals surface area (Å²) in [4.78, 5) is 23.9. The van der Waals surface area contributed by atoms with E-state index in [0.717, 1.165) is 6.42 Å². The average Bonchev–Trinajstić information content (AvgIpc) is 2.38. The second-order valence-electron chi connectivity index (χ2n) is 5.06. The largest absolute Gasteiger partial charge is 0.375 e. The fraction of sp³-hybridized carbons (Fsp3) is 0.846. The van der Waals surface area contributed by atoms with E-state index in [9.17, 15) is 9.59 Å². The Balaban J connectivity index is 0.00000361. The maximum absolute atomic E-state index is 12.0. The first-order chi connectivity index (χ1) is 8.95. The van der Waals surface area contributed by atoms with Gasteiger partial charge in [0, 0.05) is 12.6 Å². The smallest absolute Gasteiger partial charge is 0.242 e. The number of carbonyl (C=O) groups excluding carboxylic acids is 2. The molecule has 2 amide bonds. The summed E-state index contributed by atoms with van der Waals surface area (Å²) >= 11 is 0. The number of morpholine rings is 1. The molecule has 0 radical (unpaired) electrons. The zero-order valence-corrected chi connectivity index (χ0v) is 13.4. The molecule has 0 aromatic rings. The van der Waals surface area contributed by atoms with Crippen molar-refractivity contribution in [1.29, 1.82) is 0 Å². The van der Waals surface area contributed by atoms with Gasteiger partial charge in [0.05, 0.1) is 12.7 Å².